The molecular formula is C20H39NO3S. The number of thiocarbonyl (C=S) groups is 1. The monoisotopic (exact) mass is 373 g/mol. The van der Waals surface area contributed by atoms with Crippen molar-refractivity contribution in [3.63, 3.8) is 0 Å². The molecule has 0 aromatic heterocycles. The maximum atomic E-state index is 10.7. The van der Waals surface area contributed by atoms with Gasteiger partial charge in [0.15, 0.2) is 0 Å². The molecule has 0 aliphatic rings. The molecule has 0 amide bonds. The summed E-state index contributed by atoms with van der Waals surface area (Å²) in [4.78, 5) is 13.7. The van der Waals surface area contributed by atoms with Gasteiger partial charge in [-0.3, -0.25) is 0 Å². The zero-order valence-corrected chi connectivity index (χ0v) is 17.6. The number of rotatable bonds is 16. The fourth-order valence-corrected chi connectivity index (χ4v) is 3.29. The van der Waals surface area contributed by atoms with Gasteiger partial charge in [0, 0.05) is 13.1 Å². The number of hydrogen-bond acceptors (Lipinski definition) is 3. The van der Waals surface area contributed by atoms with Crippen molar-refractivity contribution in [3.05, 3.63) is 0 Å². The van der Waals surface area contributed by atoms with Crippen molar-refractivity contribution in [3.8, 4) is 0 Å². The Morgan fingerprint density at radius 3 is 1.80 bits per heavy atom. The highest BCUT2D eigenvalue weighted by molar-refractivity contribution is 7.80. The lowest BCUT2D eigenvalue weighted by molar-refractivity contribution is -0.141. The molecule has 5 heteroatoms. The third-order valence-electron chi connectivity index (χ3n) is 4.85. The first-order valence-electron chi connectivity index (χ1n) is 10.1. The average Bonchev–Trinajstić information content (AvgIpc) is 2.59. The highest BCUT2D eigenvalue weighted by Gasteiger charge is 2.19. The van der Waals surface area contributed by atoms with Crippen molar-refractivity contribution in [1.29, 1.82) is 0 Å². The molecule has 4 nitrogen and oxygen atoms in total. The molecule has 0 spiro atoms. The number of carboxylic acid groups (broad SMARTS) is 1. The van der Waals surface area contributed by atoms with E-state index in [1.54, 1.807) is 0 Å². The van der Waals surface area contributed by atoms with E-state index in [9.17, 15) is 4.79 Å². The first-order chi connectivity index (χ1) is 12.0. The largest absolute Gasteiger partial charge is 0.480 e. The molecule has 0 aliphatic heterocycles. The average molecular weight is 374 g/mol. The van der Waals surface area contributed by atoms with E-state index in [4.69, 9.17) is 22.1 Å². The maximum absolute atomic E-state index is 10.7. The van der Waals surface area contributed by atoms with Crippen LogP contribution < -0.4 is 0 Å². The van der Waals surface area contributed by atoms with E-state index in [2.05, 4.69) is 32.6 Å². The molecule has 2 unspecified atom stereocenters. The minimum Gasteiger partial charge on any atom is -0.480 e. The van der Waals surface area contributed by atoms with Crippen LogP contribution in [0.4, 0.5) is 0 Å². The van der Waals surface area contributed by atoms with Gasteiger partial charge < -0.3 is 14.7 Å². The van der Waals surface area contributed by atoms with Crippen molar-refractivity contribution >= 4 is 23.2 Å². The third-order valence-corrected chi connectivity index (χ3v) is 5.22. The summed E-state index contributed by atoms with van der Waals surface area (Å²) < 4.78 is 5.25. The lowest BCUT2D eigenvalue weighted by Crippen LogP contribution is -2.40. The molecule has 0 aromatic carbocycles. The molecule has 2 atom stereocenters. The summed E-state index contributed by atoms with van der Waals surface area (Å²) in [5, 5.41) is 8.74. The van der Waals surface area contributed by atoms with Crippen LogP contribution in [0.3, 0.4) is 0 Å². The molecular weight excluding hydrogens is 334 g/mol. The highest BCUT2D eigenvalue weighted by Crippen LogP contribution is 2.19. The van der Waals surface area contributed by atoms with Crippen LogP contribution in [-0.4, -0.2) is 47.3 Å². The Bertz CT molecular complexity index is 345. The standard InChI is InChI=1S/C20H39NO3S/c1-5-9-11-17(7-3)13-21(14-18(8-4)12-10-6-2)19(25)15-24-16-20(22)23/h17-18H,5-16H2,1-4H3,(H,22,23). The summed E-state index contributed by atoms with van der Waals surface area (Å²) in [6.07, 6.45) is 9.71. The Balaban J connectivity index is 4.81. The molecule has 25 heavy (non-hydrogen) atoms. The lowest BCUT2D eigenvalue weighted by Gasteiger charge is -2.32. The van der Waals surface area contributed by atoms with Crippen LogP contribution in [0.5, 0.6) is 0 Å². The molecule has 0 radical (unpaired) electrons. The van der Waals surface area contributed by atoms with Crippen LogP contribution in [0.1, 0.15) is 79.1 Å². The molecule has 0 heterocycles. The smallest absolute Gasteiger partial charge is 0.329 e. The van der Waals surface area contributed by atoms with Gasteiger partial charge in [0.05, 0.1) is 6.61 Å². The predicted molar refractivity (Wildman–Crippen MR) is 109 cm³/mol. The van der Waals surface area contributed by atoms with E-state index in [1.807, 2.05) is 0 Å². The topological polar surface area (TPSA) is 49.8 Å². The van der Waals surface area contributed by atoms with Crippen LogP contribution in [0, 0.1) is 11.8 Å². The first-order valence-corrected chi connectivity index (χ1v) is 10.5. The molecule has 0 rings (SSSR count). The quantitative estimate of drug-likeness (QED) is 0.379. The third kappa shape index (κ3) is 12.3. The van der Waals surface area contributed by atoms with Crippen molar-refractivity contribution in [2.24, 2.45) is 11.8 Å². The Hall–Kier alpha value is -0.680. The summed E-state index contributed by atoms with van der Waals surface area (Å²) in [7, 11) is 0. The molecule has 1 N–H and O–H groups in total. The lowest BCUT2D eigenvalue weighted by atomic mass is 9.95. The van der Waals surface area contributed by atoms with E-state index in [1.165, 1.54) is 38.5 Å². The Morgan fingerprint density at radius 2 is 1.44 bits per heavy atom. The SMILES string of the molecule is CCCCC(CC)CN(CC(CC)CCCC)C(=S)COCC(=O)O. The molecule has 0 saturated carbocycles. The zero-order valence-electron chi connectivity index (χ0n) is 16.8. The molecule has 0 fully saturated rings. The van der Waals surface area contributed by atoms with Crippen molar-refractivity contribution in [2.75, 3.05) is 26.3 Å². The van der Waals surface area contributed by atoms with E-state index < -0.39 is 5.97 Å². The van der Waals surface area contributed by atoms with Crippen LogP contribution in [0.15, 0.2) is 0 Å². The van der Waals surface area contributed by atoms with Gasteiger partial charge in [-0.05, 0) is 24.7 Å². The Labute approximate surface area is 160 Å². The van der Waals surface area contributed by atoms with E-state index in [-0.39, 0.29) is 13.2 Å². The molecule has 0 bridgehead atoms. The number of aliphatic carboxylic acids is 1. The maximum Gasteiger partial charge on any atom is 0.329 e. The van der Waals surface area contributed by atoms with Gasteiger partial charge in [-0.15, -0.1) is 0 Å². The number of unbranched alkanes of at least 4 members (excludes halogenated alkanes) is 2. The van der Waals surface area contributed by atoms with Gasteiger partial charge >= 0.3 is 5.97 Å². The van der Waals surface area contributed by atoms with Gasteiger partial charge in [0.2, 0.25) is 0 Å². The van der Waals surface area contributed by atoms with Gasteiger partial charge in [-0.2, -0.15) is 0 Å². The second-order valence-corrected chi connectivity index (χ2v) is 7.49. The first kappa shape index (κ1) is 24.3. The van der Waals surface area contributed by atoms with Crippen molar-refractivity contribution in [1.82, 2.24) is 4.90 Å². The fourth-order valence-electron chi connectivity index (χ4n) is 3.05. The fraction of sp³-hybridized carbons (Fsp3) is 0.900. The van der Waals surface area contributed by atoms with Crippen molar-refractivity contribution in [2.45, 2.75) is 79.1 Å². The van der Waals surface area contributed by atoms with Gasteiger partial charge in [-0.25, -0.2) is 4.79 Å². The number of carboxylic acids is 1. The van der Waals surface area contributed by atoms with Crippen LogP contribution in [0.25, 0.3) is 0 Å². The van der Waals surface area contributed by atoms with Crippen LogP contribution >= 0.6 is 12.2 Å². The minimum absolute atomic E-state index is 0.232. The second-order valence-electron chi connectivity index (χ2n) is 7.02. The summed E-state index contributed by atoms with van der Waals surface area (Å²) in [5.74, 6) is 0.334. The molecule has 0 aromatic rings. The predicted octanol–water partition coefficient (Wildman–Crippen LogP) is 5.15. The highest BCUT2D eigenvalue weighted by atomic mass is 32.1. The van der Waals surface area contributed by atoms with Gasteiger partial charge in [0.1, 0.15) is 11.6 Å². The van der Waals surface area contributed by atoms with Gasteiger partial charge in [-0.1, -0.05) is 78.4 Å². The van der Waals surface area contributed by atoms with Gasteiger partial charge in [0.25, 0.3) is 0 Å². The number of hydrogen-bond donors (Lipinski definition) is 1. The molecule has 0 aliphatic carbocycles. The van der Waals surface area contributed by atoms with Crippen LogP contribution in [-0.2, 0) is 9.53 Å². The van der Waals surface area contributed by atoms with E-state index in [0.717, 1.165) is 30.9 Å². The van der Waals surface area contributed by atoms with E-state index in [0.29, 0.717) is 11.8 Å². The second kappa shape index (κ2) is 15.6. The zero-order chi connectivity index (χ0) is 19.1. The molecule has 148 valence electrons. The minimum atomic E-state index is -0.946. The van der Waals surface area contributed by atoms with Crippen molar-refractivity contribution < 1.29 is 14.6 Å². The summed E-state index contributed by atoms with van der Waals surface area (Å²) in [6.45, 7) is 10.8. The van der Waals surface area contributed by atoms with Crippen LogP contribution in [0.2, 0.25) is 0 Å². The molecule has 0 saturated heterocycles. The summed E-state index contributed by atoms with van der Waals surface area (Å²) in [5.41, 5.74) is 0. The Kier molecular flexibility index (Phi) is 15.1. The Morgan fingerprint density at radius 1 is 0.960 bits per heavy atom. The number of nitrogens with zero attached hydrogens (tertiary/aromatic N) is 1. The summed E-state index contributed by atoms with van der Waals surface area (Å²) >= 11 is 5.59. The number of carbonyl (C=O) groups is 1. The summed E-state index contributed by atoms with van der Waals surface area (Å²) in [6, 6.07) is 0. The number of ether oxygens (including phenoxy) is 1. The van der Waals surface area contributed by atoms with E-state index >= 15 is 0 Å². The normalized spacial score (nSPS) is 13.4.